The smallest absolute Gasteiger partial charge is 0.252 e. The predicted molar refractivity (Wildman–Crippen MR) is 102 cm³/mol. The summed E-state index contributed by atoms with van der Waals surface area (Å²) in [6.45, 7) is 4.34. The van der Waals surface area contributed by atoms with Crippen LogP contribution in [-0.2, 0) is 0 Å². The van der Waals surface area contributed by atoms with Gasteiger partial charge in [-0.3, -0.25) is 4.79 Å². The number of nitrogens with zero attached hydrogens (tertiary/aromatic N) is 3. The van der Waals surface area contributed by atoms with E-state index in [0.717, 1.165) is 12.0 Å². The fourth-order valence-corrected chi connectivity index (χ4v) is 3.66. The Kier molecular flexibility index (Phi) is 4.29. The van der Waals surface area contributed by atoms with E-state index in [0.29, 0.717) is 24.1 Å². The molecule has 4 rings (SSSR count). The molecule has 0 spiro atoms. The van der Waals surface area contributed by atoms with Crippen LogP contribution in [0.15, 0.2) is 54.6 Å². The summed E-state index contributed by atoms with van der Waals surface area (Å²) in [7, 11) is 0. The Balaban J connectivity index is 1.54. The lowest BCUT2D eigenvalue weighted by molar-refractivity contribution is 0.0870. The lowest BCUT2D eigenvalue weighted by Gasteiger charge is -2.26. The molecule has 26 heavy (non-hydrogen) atoms. The quantitative estimate of drug-likeness (QED) is 0.766. The number of benzene rings is 2. The molecule has 132 valence electrons. The molecule has 0 bridgehead atoms. The molecule has 1 aliphatic rings. The van der Waals surface area contributed by atoms with Crippen molar-refractivity contribution in [3.05, 3.63) is 65.7 Å². The van der Waals surface area contributed by atoms with Crippen molar-refractivity contribution >= 4 is 11.9 Å². The Morgan fingerprint density at radius 3 is 2.65 bits per heavy atom. The van der Waals surface area contributed by atoms with Crippen LogP contribution in [0.4, 0.5) is 5.95 Å². The summed E-state index contributed by atoms with van der Waals surface area (Å²) < 4.78 is 1.40. The summed E-state index contributed by atoms with van der Waals surface area (Å²) in [6, 6.07) is 18.2. The van der Waals surface area contributed by atoms with Crippen LogP contribution in [0, 0.1) is 6.92 Å². The number of nitrogens with one attached hydrogen (secondary N) is 1. The third-order valence-corrected chi connectivity index (χ3v) is 4.99. The average molecular weight is 346 g/mol. The molecular formula is C21H22N4O. The minimum absolute atomic E-state index is 0.00425. The van der Waals surface area contributed by atoms with Crippen LogP contribution in [0.25, 0.3) is 11.4 Å². The molecule has 0 saturated heterocycles. The summed E-state index contributed by atoms with van der Waals surface area (Å²) in [5, 5.41) is 7.79. The third-order valence-electron chi connectivity index (χ3n) is 4.99. The largest absolute Gasteiger partial charge is 0.351 e. The average Bonchev–Trinajstić information content (AvgIpc) is 3.07. The number of anilines is 1. The molecule has 2 atom stereocenters. The molecule has 2 unspecified atom stereocenters. The highest BCUT2D eigenvalue weighted by atomic mass is 16.2. The van der Waals surface area contributed by atoms with Crippen LogP contribution >= 0.6 is 0 Å². The predicted octanol–water partition coefficient (Wildman–Crippen LogP) is 4.27. The second kappa shape index (κ2) is 6.75. The van der Waals surface area contributed by atoms with Crippen molar-refractivity contribution in [3.63, 3.8) is 0 Å². The van der Waals surface area contributed by atoms with Crippen LogP contribution in [0.2, 0.25) is 0 Å². The van der Waals surface area contributed by atoms with E-state index in [1.165, 1.54) is 15.8 Å². The zero-order chi connectivity index (χ0) is 18.1. The second-order valence-corrected chi connectivity index (χ2v) is 6.97. The van der Waals surface area contributed by atoms with Gasteiger partial charge in [-0.15, -0.1) is 5.10 Å². The fourth-order valence-electron chi connectivity index (χ4n) is 3.66. The van der Waals surface area contributed by atoms with Crippen molar-refractivity contribution in [2.24, 2.45) is 0 Å². The maximum atomic E-state index is 12.5. The number of carbonyl (C=O) groups excluding carboxylic acids is 1. The molecule has 0 aliphatic carbocycles. The number of carbonyl (C=O) groups is 1. The van der Waals surface area contributed by atoms with Crippen molar-refractivity contribution < 1.29 is 4.79 Å². The first-order valence-corrected chi connectivity index (χ1v) is 8.99. The Hall–Kier alpha value is -2.95. The number of aromatic nitrogens is 3. The molecule has 5 nitrogen and oxygen atoms in total. The van der Waals surface area contributed by atoms with Crippen molar-refractivity contribution in [1.29, 1.82) is 0 Å². The van der Waals surface area contributed by atoms with Crippen LogP contribution < -0.4 is 5.32 Å². The van der Waals surface area contributed by atoms with Crippen LogP contribution in [0.5, 0.6) is 0 Å². The Labute approximate surface area is 153 Å². The topological polar surface area (TPSA) is 59.8 Å². The van der Waals surface area contributed by atoms with Crippen molar-refractivity contribution in [3.8, 4) is 11.4 Å². The van der Waals surface area contributed by atoms with Gasteiger partial charge >= 0.3 is 0 Å². The molecule has 1 aromatic heterocycles. The lowest BCUT2D eigenvalue weighted by atomic mass is 9.89. The van der Waals surface area contributed by atoms with Crippen molar-refractivity contribution in [1.82, 2.24) is 14.8 Å². The van der Waals surface area contributed by atoms with Gasteiger partial charge in [0.1, 0.15) is 0 Å². The Bertz CT molecular complexity index is 932. The molecule has 0 amide bonds. The number of fused-ring (bicyclic) bond motifs is 1. The van der Waals surface area contributed by atoms with Crippen molar-refractivity contribution in [2.45, 2.75) is 38.6 Å². The summed E-state index contributed by atoms with van der Waals surface area (Å²) in [6.07, 6.45) is 1.31. The van der Waals surface area contributed by atoms with E-state index in [1.807, 2.05) is 30.3 Å². The standard InChI is InChI=1S/C21H22N4O/c1-14-8-6-7-11-18(14)15(2)12-17-13-19(26)25-21(22-17)23-20(24-25)16-9-4-3-5-10-16/h3-11,15,17H,12-13H2,1-2H3,(H,22,23,24). The van der Waals surface area contributed by atoms with E-state index in [2.05, 4.69) is 53.5 Å². The fraction of sp³-hybridized carbons (Fsp3) is 0.286. The van der Waals surface area contributed by atoms with Crippen LogP contribution in [-0.4, -0.2) is 26.7 Å². The highest BCUT2D eigenvalue weighted by molar-refractivity contribution is 5.84. The maximum absolute atomic E-state index is 12.5. The van der Waals surface area contributed by atoms with Gasteiger partial charge in [0.25, 0.3) is 5.91 Å². The van der Waals surface area contributed by atoms with Gasteiger partial charge in [0.15, 0.2) is 5.82 Å². The molecule has 0 fully saturated rings. The minimum atomic E-state index is -0.00425. The van der Waals surface area contributed by atoms with E-state index in [9.17, 15) is 4.79 Å². The van der Waals surface area contributed by atoms with Gasteiger partial charge in [0, 0.05) is 18.0 Å². The van der Waals surface area contributed by atoms with E-state index in [4.69, 9.17) is 0 Å². The van der Waals surface area contributed by atoms with Gasteiger partial charge in [0.05, 0.1) is 0 Å². The number of hydrogen-bond donors (Lipinski definition) is 1. The SMILES string of the molecule is Cc1ccccc1C(C)CC1CC(=O)n2nc(-c3ccccc3)nc2N1. The minimum Gasteiger partial charge on any atom is -0.351 e. The van der Waals surface area contributed by atoms with E-state index >= 15 is 0 Å². The first-order chi connectivity index (χ1) is 12.6. The second-order valence-electron chi connectivity index (χ2n) is 6.97. The molecule has 0 radical (unpaired) electrons. The zero-order valence-electron chi connectivity index (χ0n) is 15.0. The summed E-state index contributed by atoms with van der Waals surface area (Å²) in [5.41, 5.74) is 3.53. The first-order valence-electron chi connectivity index (χ1n) is 8.99. The monoisotopic (exact) mass is 346 g/mol. The number of hydrogen-bond acceptors (Lipinski definition) is 4. The molecule has 3 aromatic rings. The summed E-state index contributed by atoms with van der Waals surface area (Å²) in [4.78, 5) is 17.1. The van der Waals surface area contributed by atoms with Gasteiger partial charge in [-0.1, -0.05) is 61.5 Å². The normalized spacial score (nSPS) is 17.5. The molecule has 1 N–H and O–H groups in total. The summed E-state index contributed by atoms with van der Waals surface area (Å²) in [5.74, 6) is 1.48. The molecule has 1 aliphatic heterocycles. The molecular weight excluding hydrogens is 324 g/mol. The van der Waals surface area contributed by atoms with E-state index in [1.54, 1.807) is 0 Å². The van der Waals surface area contributed by atoms with Crippen LogP contribution in [0.3, 0.4) is 0 Å². The Morgan fingerprint density at radius 2 is 1.88 bits per heavy atom. The molecule has 2 aromatic carbocycles. The van der Waals surface area contributed by atoms with Gasteiger partial charge in [-0.25, -0.2) is 0 Å². The first kappa shape index (κ1) is 16.5. The number of aryl methyl sites for hydroxylation is 1. The Morgan fingerprint density at radius 1 is 1.15 bits per heavy atom. The molecule has 5 heteroatoms. The lowest BCUT2D eigenvalue weighted by Crippen LogP contribution is -2.35. The van der Waals surface area contributed by atoms with Gasteiger partial charge < -0.3 is 5.32 Å². The van der Waals surface area contributed by atoms with E-state index in [-0.39, 0.29) is 11.9 Å². The molecule has 0 saturated carbocycles. The van der Waals surface area contributed by atoms with Gasteiger partial charge in [0.2, 0.25) is 5.95 Å². The maximum Gasteiger partial charge on any atom is 0.252 e. The molecule has 2 heterocycles. The highest BCUT2D eigenvalue weighted by Crippen LogP contribution is 2.29. The summed E-state index contributed by atoms with van der Waals surface area (Å²) >= 11 is 0. The van der Waals surface area contributed by atoms with Crippen LogP contribution in [0.1, 0.15) is 41.6 Å². The third kappa shape index (κ3) is 3.12. The highest BCUT2D eigenvalue weighted by Gasteiger charge is 2.29. The van der Waals surface area contributed by atoms with Gasteiger partial charge in [-0.05, 0) is 30.4 Å². The van der Waals surface area contributed by atoms with E-state index < -0.39 is 0 Å². The van der Waals surface area contributed by atoms with Crippen molar-refractivity contribution in [2.75, 3.05) is 5.32 Å². The zero-order valence-corrected chi connectivity index (χ0v) is 15.0. The number of rotatable bonds is 4. The van der Waals surface area contributed by atoms with Gasteiger partial charge in [-0.2, -0.15) is 9.67 Å².